The van der Waals surface area contributed by atoms with Crippen LogP contribution in [0.5, 0.6) is 0 Å². The summed E-state index contributed by atoms with van der Waals surface area (Å²) >= 11 is 6.23. The molecule has 0 spiro atoms. The van der Waals surface area contributed by atoms with Gasteiger partial charge in [-0.3, -0.25) is 4.90 Å². The maximum atomic E-state index is 6.23. The Kier molecular flexibility index (Phi) is 3.62. The Morgan fingerprint density at radius 2 is 2.27 bits per heavy atom. The minimum Gasteiger partial charge on any atom is -0.314 e. The Balaban J connectivity index is 2.24. The summed E-state index contributed by atoms with van der Waals surface area (Å²) in [5.74, 6) is 0. The SMILES string of the molecule is CCN1CCNCC1c1ccccc1Cl. The summed E-state index contributed by atoms with van der Waals surface area (Å²) in [6.45, 7) is 6.46. The summed E-state index contributed by atoms with van der Waals surface area (Å²) in [5, 5.41) is 4.30. The molecule has 0 aromatic heterocycles. The predicted molar refractivity (Wildman–Crippen MR) is 64.3 cm³/mol. The zero-order chi connectivity index (χ0) is 10.7. The van der Waals surface area contributed by atoms with Crippen molar-refractivity contribution in [3.8, 4) is 0 Å². The molecule has 1 aromatic carbocycles. The maximum Gasteiger partial charge on any atom is 0.0487 e. The van der Waals surface area contributed by atoms with Gasteiger partial charge in [-0.25, -0.2) is 0 Å². The van der Waals surface area contributed by atoms with E-state index in [1.165, 1.54) is 5.56 Å². The van der Waals surface area contributed by atoms with Gasteiger partial charge in [0.2, 0.25) is 0 Å². The third-order valence-corrected chi connectivity index (χ3v) is 3.37. The van der Waals surface area contributed by atoms with Gasteiger partial charge in [0.25, 0.3) is 0 Å². The van der Waals surface area contributed by atoms with Crippen molar-refractivity contribution in [1.29, 1.82) is 0 Å². The highest BCUT2D eigenvalue weighted by atomic mass is 35.5. The lowest BCUT2D eigenvalue weighted by molar-refractivity contribution is 0.171. The molecule has 1 aromatic rings. The second-order valence-electron chi connectivity index (χ2n) is 3.87. The van der Waals surface area contributed by atoms with Crippen LogP contribution in [0.3, 0.4) is 0 Å². The van der Waals surface area contributed by atoms with Crippen LogP contribution in [0.4, 0.5) is 0 Å². The van der Waals surface area contributed by atoms with Gasteiger partial charge in [-0.15, -0.1) is 0 Å². The van der Waals surface area contributed by atoms with Crippen LogP contribution in [0, 0.1) is 0 Å². The van der Waals surface area contributed by atoms with Crippen molar-refractivity contribution in [2.45, 2.75) is 13.0 Å². The molecule has 1 saturated heterocycles. The number of nitrogens with zero attached hydrogens (tertiary/aromatic N) is 1. The summed E-state index contributed by atoms with van der Waals surface area (Å²) in [6, 6.07) is 8.57. The molecule has 3 heteroatoms. The molecule has 0 radical (unpaired) electrons. The lowest BCUT2D eigenvalue weighted by Crippen LogP contribution is -2.45. The first-order valence-electron chi connectivity index (χ1n) is 5.52. The molecule has 1 aliphatic heterocycles. The van der Waals surface area contributed by atoms with Crippen LogP contribution in [0.25, 0.3) is 0 Å². The number of rotatable bonds is 2. The van der Waals surface area contributed by atoms with E-state index in [2.05, 4.69) is 29.3 Å². The number of hydrogen-bond acceptors (Lipinski definition) is 2. The van der Waals surface area contributed by atoms with Crippen molar-refractivity contribution in [2.75, 3.05) is 26.2 Å². The molecule has 0 amide bonds. The van der Waals surface area contributed by atoms with Crippen LogP contribution in [-0.4, -0.2) is 31.1 Å². The second kappa shape index (κ2) is 4.97. The van der Waals surface area contributed by atoms with E-state index < -0.39 is 0 Å². The first kappa shape index (κ1) is 10.9. The summed E-state index contributed by atoms with van der Waals surface area (Å²) in [7, 11) is 0. The van der Waals surface area contributed by atoms with E-state index in [0.29, 0.717) is 6.04 Å². The fourth-order valence-electron chi connectivity index (χ4n) is 2.18. The van der Waals surface area contributed by atoms with Gasteiger partial charge in [0, 0.05) is 30.7 Å². The molecule has 0 aliphatic carbocycles. The van der Waals surface area contributed by atoms with Crippen LogP contribution in [0.2, 0.25) is 5.02 Å². The highest BCUT2D eigenvalue weighted by Gasteiger charge is 2.23. The van der Waals surface area contributed by atoms with Crippen molar-refractivity contribution < 1.29 is 0 Å². The van der Waals surface area contributed by atoms with Crippen LogP contribution in [-0.2, 0) is 0 Å². The molecule has 0 bridgehead atoms. The third-order valence-electron chi connectivity index (χ3n) is 3.02. The Labute approximate surface area is 96.2 Å². The number of hydrogen-bond donors (Lipinski definition) is 1. The van der Waals surface area contributed by atoms with E-state index in [-0.39, 0.29) is 0 Å². The topological polar surface area (TPSA) is 15.3 Å². The predicted octanol–water partition coefficient (Wildman–Crippen LogP) is 2.31. The zero-order valence-electron chi connectivity index (χ0n) is 9.04. The Morgan fingerprint density at radius 1 is 1.47 bits per heavy atom. The normalized spacial score (nSPS) is 22.9. The average molecular weight is 225 g/mol. The minimum absolute atomic E-state index is 0.428. The van der Waals surface area contributed by atoms with Crippen molar-refractivity contribution in [3.63, 3.8) is 0 Å². The van der Waals surface area contributed by atoms with E-state index >= 15 is 0 Å². The molecule has 1 fully saturated rings. The van der Waals surface area contributed by atoms with Crippen LogP contribution >= 0.6 is 11.6 Å². The molecule has 2 nitrogen and oxygen atoms in total. The summed E-state index contributed by atoms with van der Waals surface area (Å²) in [4.78, 5) is 2.47. The number of benzene rings is 1. The number of piperazine rings is 1. The molecule has 15 heavy (non-hydrogen) atoms. The smallest absolute Gasteiger partial charge is 0.0487 e. The molecule has 1 N–H and O–H groups in total. The molecule has 0 saturated carbocycles. The maximum absolute atomic E-state index is 6.23. The molecular weight excluding hydrogens is 208 g/mol. The van der Waals surface area contributed by atoms with E-state index in [4.69, 9.17) is 11.6 Å². The molecule has 1 atom stereocenters. The number of halogens is 1. The van der Waals surface area contributed by atoms with Gasteiger partial charge in [-0.05, 0) is 18.2 Å². The standard InChI is InChI=1S/C12H17ClN2/c1-2-15-8-7-14-9-12(15)10-5-3-4-6-11(10)13/h3-6,12,14H,2,7-9H2,1H3. The molecule has 2 rings (SSSR count). The van der Waals surface area contributed by atoms with Gasteiger partial charge in [0.05, 0.1) is 0 Å². The first-order valence-corrected chi connectivity index (χ1v) is 5.90. The average Bonchev–Trinajstić information content (AvgIpc) is 2.30. The van der Waals surface area contributed by atoms with Gasteiger partial charge in [0.15, 0.2) is 0 Å². The summed E-state index contributed by atoms with van der Waals surface area (Å²) in [5.41, 5.74) is 1.24. The summed E-state index contributed by atoms with van der Waals surface area (Å²) in [6.07, 6.45) is 0. The lowest BCUT2D eigenvalue weighted by atomic mass is 10.0. The number of likely N-dealkylation sites (N-methyl/N-ethyl adjacent to an activating group) is 1. The molecule has 1 unspecified atom stereocenters. The van der Waals surface area contributed by atoms with Crippen molar-refractivity contribution >= 4 is 11.6 Å². The van der Waals surface area contributed by atoms with Gasteiger partial charge in [-0.1, -0.05) is 36.7 Å². The van der Waals surface area contributed by atoms with Gasteiger partial charge < -0.3 is 5.32 Å². The minimum atomic E-state index is 0.428. The zero-order valence-corrected chi connectivity index (χ0v) is 9.80. The van der Waals surface area contributed by atoms with E-state index in [0.717, 1.165) is 31.2 Å². The first-order chi connectivity index (χ1) is 7.33. The van der Waals surface area contributed by atoms with E-state index in [1.807, 2.05) is 12.1 Å². The molecular formula is C12H17ClN2. The van der Waals surface area contributed by atoms with Gasteiger partial charge >= 0.3 is 0 Å². The largest absolute Gasteiger partial charge is 0.314 e. The van der Waals surface area contributed by atoms with Gasteiger partial charge in [0.1, 0.15) is 0 Å². The van der Waals surface area contributed by atoms with Crippen LogP contribution < -0.4 is 5.32 Å². The molecule has 1 aliphatic rings. The Morgan fingerprint density at radius 3 is 3.00 bits per heavy atom. The number of nitrogens with one attached hydrogen (secondary N) is 1. The summed E-state index contributed by atoms with van der Waals surface area (Å²) < 4.78 is 0. The van der Waals surface area contributed by atoms with Crippen molar-refractivity contribution in [3.05, 3.63) is 34.9 Å². The van der Waals surface area contributed by atoms with E-state index in [9.17, 15) is 0 Å². The highest BCUT2D eigenvalue weighted by Crippen LogP contribution is 2.27. The van der Waals surface area contributed by atoms with Crippen molar-refractivity contribution in [2.24, 2.45) is 0 Å². The fourth-order valence-corrected chi connectivity index (χ4v) is 2.44. The quantitative estimate of drug-likeness (QED) is 0.830. The lowest BCUT2D eigenvalue weighted by Gasteiger charge is -2.36. The Bertz CT molecular complexity index is 327. The second-order valence-corrected chi connectivity index (χ2v) is 4.28. The Hall–Kier alpha value is -0.570. The van der Waals surface area contributed by atoms with Crippen molar-refractivity contribution in [1.82, 2.24) is 10.2 Å². The third kappa shape index (κ3) is 2.33. The van der Waals surface area contributed by atoms with Gasteiger partial charge in [-0.2, -0.15) is 0 Å². The highest BCUT2D eigenvalue weighted by molar-refractivity contribution is 6.31. The van der Waals surface area contributed by atoms with E-state index in [1.54, 1.807) is 0 Å². The van der Waals surface area contributed by atoms with Crippen LogP contribution in [0.1, 0.15) is 18.5 Å². The monoisotopic (exact) mass is 224 g/mol. The molecule has 82 valence electrons. The fraction of sp³-hybridized carbons (Fsp3) is 0.500. The molecule has 1 heterocycles. The van der Waals surface area contributed by atoms with Crippen LogP contribution in [0.15, 0.2) is 24.3 Å².